The van der Waals surface area contributed by atoms with Crippen molar-refractivity contribution >= 4 is 28.6 Å². The van der Waals surface area contributed by atoms with Gasteiger partial charge in [-0.25, -0.2) is 4.79 Å². The van der Waals surface area contributed by atoms with E-state index in [1.54, 1.807) is 48.5 Å². The zero-order valence-electron chi connectivity index (χ0n) is 20.3. The molecule has 0 spiro atoms. The van der Waals surface area contributed by atoms with Crippen LogP contribution < -0.4 is 10.3 Å². The van der Waals surface area contributed by atoms with Crippen LogP contribution in [0.1, 0.15) is 16.7 Å². The molecule has 0 bridgehead atoms. The molecular weight excluding hydrogens is 550 g/mol. The summed E-state index contributed by atoms with van der Waals surface area (Å²) in [4.78, 5) is 27.1. The van der Waals surface area contributed by atoms with E-state index in [0.717, 1.165) is 11.9 Å². The minimum Gasteiger partial charge on any atom is -0.404 e. The number of alkyl halides is 6. The van der Waals surface area contributed by atoms with Gasteiger partial charge < -0.3 is 14.2 Å². The van der Waals surface area contributed by atoms with Gasteiger partial charge >= 0.3 is 18.4 Å². The molecule has 1 aromatic heterocycles. The van der Waals surface area contributed by atoms with E-state index in [9.17, 15) is 35.9 Å². The Hall–Kier alpha value is -3.99. The van der Waals surface area contributed by atoms with Crippen molar-refractivity contribution in [1.82, 2.24) is 9.47 Å². The van der Waals surface area contributed by atoms with Crippen LogP contribution in [0, 0.1) is 0 Å². The maximum Gasteiger partial charge on any atom is 0.416 e. The molecule has 0 N–H and O–H groups in total. The molecule has 3 aromatic carbocycles. The van der Waals surface area contributed by atoms with Gasteiger partial charge in [0.25, 0.3) is 5.56 Å². The highest BCUT2D eigenvalue weighted by atomic mass is 35.5. The number of carbonyl (C=O) groups is 1. The van der Waals surface area contributed by atoms with Gasteiger partial charge in [0.05, 0.1) is 16.6 Å². The molecule has 0 radical (unpaired) electrons. The first kappa shape index (κ1) is 28.0. The number of para-hydroxylation sites is 1. The summed E-state index contributed by atoms with van der Waals surface area (Å²) in [5.74, 6) is -0.402. The van der Waals surface area contributed by atoms with Crippen LogP contribution >= 0.6 is 11.6 Å². The summed E-state index contributed by atoms with van der Waals surface area (Å²) in [5.41, 5.74) is -3.07. The van der Waals surface area contributed by atoms with Crippen LogP contribution in [0.3, 0.4) is 0 Å². The Morgan fingerprint density at radius 3 is 2.08 bits per heavy atom. The number of hydrogen-bond acceptors (Lipinski definition) is 3. The van der Waals surface area contributed by atoms with Crippen molar-refractivity contribution in [2.24, 2.45) is 7.05 Å². The summed E-state index contributed by atoms with van der Waals surface area (Å²) in [6.45, 7) is -0.666. The first-order chi connectivity index (χ1) is 18.2. The first-order valence-corrected chi connectivity index (χ1v) is 11.6. The van der Waals surface area contributed by atoms with Crippen molar-refractivity contribution in [3.05, 3.63) is 98.8 Å². The van der Waals surface area contributed by atoms with Gasteiger partial charge in [-0.2, -0.15) is 26.3 Å². The Balaban J connectivity index is 1.76. The number of aromatic nitrogens is 1. The third-order valence-electron chi connectivity index (χ3n) is 5.97. The zero-order chi connectivity index (χ0) is 28.7. The molecule has 0 atom stereocenters. The van der Waals surface area contributed by atoms with Gasteiger partial charge in [0.15, 0.2) is 0 Å². The largest absolute Gasteiger partial charge is 0.416 e. The molecule has 12 heteroatoms. The third-order valence-corrected chi connectivity index (χ3v) is 6.30. The molecule has 0 saturated heterocycles. The molecule has 0 fully saturated rings. The molecule has 39 heavy (non-hydrogen) atoms. The number of rotatable bonds is 4. The number of fused-ring (bicyclic) bond motifs is 1. The summed E-state index contributed by atoms with van der Waals surface area (Å²) in [5, 5.41) is 0.774. The maximum atomic E-state index is 13.3. The average Bonchev–Trinajstić information content (AvgIpc) is 2.86. The van der Waals surface area contributed by atoms with Gasteiger partial charge in [0.2, 0.25) is 5.75 Å². The third kappa shape index (κ3) is 5.73. The Bertz CT molecular complexity index is 1600. The second-order valence-corrected chi connectivity index (χ2v) is 9.11. The highest BCUT2D eigenvalue weighted by Gasteiger charge is 2.37. The van der Waals surface area contributed by atoms with Crippen LogP contribution in [0.4, 0.5) is 31.1 Å². The molecule has 0 aliphatic heterocycles. The fourth-order valence-corrected chi connectivity index (χ4v) is 4.34. The Kier molecular flexibility index (Phi) is 7.40. The van der Waals surface area contributed by atoms with Crippen LogP contribution in [0.25, 0.3) is 22.0 Å². The van der Waals surface area contributed by atoms with Crippen LogP contribution in [0.2, 0.25) is 5.02 Å². The van der Waals surface area contributed by atoms with E-state index in [1.807, 2.05) is 0 Å². The van der Waals surface area contributed by atoms with Crippen molar-refractivity contribution in [1.29, 1.82) is 0 Å². The molecule has 0 aliphatic carbocycles. The molecule has 204 valence electrons. The number of amides is 1. The summed E-state index contributed by atoms with van der Waals surface area (Å²) in [6, 6.07) is 14.3. The second-order valence-electron chi connectivity index (χ2n) is 8.70. The summed E-state index contributed by atoms with van der Waals surface area (Å²) >= 11 is 6.39. The standard InChI is InChI=1S/C27H19ClF6N2O3/c1-35(14-15-11-16(26(29,30)31)13-17(12-15)27(32,33)34)25(38)39-23-22(18-7-3-5-9-20(18)28)19-8-4-6-10-21(19)36(2)24(23)37/h3-13H,14H2,1-2H3. The minimum absolute atomic E-state index is 0.00349. The Morgan fingerprint density at radius 2 is 1.49 bits per heavy atom. The van der Waals surface area contributed by atoms with Gasteiger partial charge in [-0.05, 0) is 35.9 Å². The van der Waals surface area contributed by atoms with E-state index in [0.29, 0.717) is 28.6 Å². The quantitative estimate of drug-likeness (QED) is 0.239. The van der Waals surface area contributed by atoms with Crippen molar-refractivity contribution in [3.8, 4) is 16.9 Å². The molecule has 4 rings (SSSR count). The lowest BCUT2D eigenvalue weighted by Gasteiger charge is -2.21. The Labute approximate surface area is 222 Å². The van der Waals surface area contributed by atoms with Crippen molar-refractivity contribution < 1.29 is 35.9 Å². The highest BCUT2D eigenvalue weighted by molar-refractivity contribution is 6.33. The first-order valence-electron chi connectivity index (χ1n) is 11.3. The van der Waals surface area contributed by atoms with Gasteiger partial charge in [-0.15, -0.1) is 0 Å². The lowest BCUT2D eigenvalue weighted by Crippen LogP contribution is -2.32. The fourth-order valence-electron chi connectivity index (χ4n) is 4.11. The number of halogens is 7. The summed E-state index contributed by atoms with van der Waals surface area (Å²) in [6.07, 6.45) is -11.3. The van der Waals surface area contributed by atoms with Gasteiger partial charge in [0, 0.05) is 42.2 Å². The van der Waals surface area contributed by atoms with Crippen molar-refractivity contribution in [2.75, 3.05) is 7.05 Å². The fraction of sp³-hybridized carbons (Fsp3) is 0.185. The number of pyridine rings is 1. The van der Waals surface area contributed by atoms with E-state index >= 15 is 0 Å². The van der Waals surface area contributed by atoms with E-state index < -0.39 is 53.0 Å². The van der Waals surface area contributed by atoms with Crippen molar-refractivity contribution in [2.45, 2.75) is 18.9 Å². The zero-order valence-corrected chi connectivity index (χ0v) is 21.1. The molecule has 0 unspecified atom stereocenters. The summed E-state index contributed by atoms with van der Waals surface area (Å²) < 4.78 is 86.2. The molecule has 1 heterocycles. The SMILES string of the molecule is CN(Cc1cc(C(F)(F)F)cc(C(F)(F)F)c1)C(=O)Oc1c(-c2ccccc2Cl)c2ccccc2n(C)c1=O. The predicted molar refractivity (Wildman–Crippen MR) is 134 cm³/mol. The van der Waals surface area contributed by atoms with Crippen LogP contribution in [-0.4, -0.2) is 22.6 Å². The maximum absolute atomic E-state index is 13.3. The molecule has 4 aromatic rings. The van der Waals surface area contributed by atoms with Gasteiger partial charge in [-0.3, -0.25) is 4.79 Å². The number of benzene rings is 3. The van der Waals surface area contributed by atoms with Gasteiger partial charge in [-0.1, -0.05) is 48.0 Å². The predicted octanol–water partition coefficient (Wildman–Crippen LogP) is 7.53. The molecular formula is C27H19ClF6N2O3. The number of hydrogen-bond donors (Lipinski definition) is 0. The number of aryl methyl sites for hydroxylation is 1. The number of carbonyl (C=O) groups excluding carboxylic acids is 1. The Morgan fingerprint density at radius 1 is 0.923 bits per heavy atom. The van der Waals surface area contributed by atoms with Gasteiger partial charge in [0.1, 0.15) is 0 Å². The summed E-state index contributed by atoms with van der Waals surface area (Å²) in [7, 11) is 2.58. The van der Waals surface area contributed by atoms with Crippen LogP contribution in [0.15, 0.2) is 71.5 Å². The van der Waals surface area contributed by atoms with Crippen molar-refractivity contribution in [3.63, 3.8) is 0 Å². The molecule has 0 aliphatic rings. The lowest BCUT2D eigenvalue weighted by molar-refractivity contribution is -0.143. The second kappa shape index (κ2) is 10.3. The normalized spacial score (nSPS) is 12.0. The van der Waals surface area contributed by atoms with E-state index in [4.69, 9.17) is 16.3 Å². The monoisotopic (exact) mass is 568 g/mol. The average molecular weight is 569 g/mol. The lowest BCUT2D eigenvalue weighted by atomic mass is 10.00. The minimum atomic E-state index is -5.05. The molecule has 1 amide bonds. The highest BCUT2D eigenvalue weighted by Crippen LogP contribution is 2.39. The van der Waals surface area contributed by atoms with Crippen LogP contribution in [-0.2, 0) is 25.9 Å². The molecule has 0 saturated carbocycles. The van der Waals surface area contributed by atoms with E-state index in [2.05, 4.69) is 0 Å². The van der Waals surface area contributed by atoms with E-state index in [1.165, 1.54) is 11.6 Å². The molecule has 5 nitrogen and oxygen atoms in total. The smallest absolute Gasteiger partial charge is 0.404 e. The van der Waals surface area contributed by atoms with E-state index in [-0.39, 0.29) is 16.7 Å². The number of nitrogens with zero attached hydrogens (tertiary/aromatic N) is 2. The topological polar surface area (TPSA) is 51.5 Å². The number of ether oxygens (including phenoxy) is 1. The van der Waals surface area contributed by atoms with Crippen LogP contribution in [0.5, 0.6) is 5.75 Å².